The molecule has 1 N–H and O–H groups in total. The van der Waals surface area contributed by atoms with Crippen LogP contribution in [0.1, 0.15) is 36.8 Å². The number of nitrogens with zero attached hydrogens (tertiary/aromatic N) is 3. The molecule has 0 spiro atoms. The van der Waals surface area contributed by atoms with Gasteiger partial charge in [-0.3, -0.25) is 14.5 Å². The molecule has 0 aliphatic heterocycles. The van der Waals surface area contributed by atoms with Gasteiger partial charge in [0.1, 0.15) is 11.4 Å². The zero-order chi connectivity index (χ0) is 15.6. The lowest BCUT2D eigenvalue weighted by molar-refractivity contribution is 0.102. The fourth-order valence-corrected chi connectivity index (χ4v) is 2.15. The second-order valence-electron chi connectivity index (χ2n) is 5.76. The molecule has 2 heterocycles. The SMILES string of the molecule is COc1ccncc1NC(=O)c1cnn(C(C)(C)C)c1C. The second kappa shape index (κ2) is 5.55. The number of amides is 1. The molecule has 0 saturated heterocycles. The van der Waals surface area contributed by atoms with E-state index in [1.165, 1.54) is 0 Å². The number of hydrogen-bond acceptors (Lipinski definition) is 4. The van der Waals surface area contributed by atoms with Gasteiger partial charge in [-0.15, -0.1) is 0 Å². The molecule has 1 amide bonds. The number of anilines is 1. The number of pyridine rings is 1. The topological polar surface area (TPSA) is 69.0 Å². The van der Waals surface area contributed by atoms with Gasteiger partial charge in [-0.2, -0.15) is 5.10 Å². The van der Waals surface area contributed by atoms with Crippen LogP contribution < -0.4 is 10.1 Å². The maximum Gasteiger partial charge on any atom is 0.259 e. The van der Waals surface area contributed by atoms with Crippen LogP contribution in [0.2, 0.25) is 0 Å². The Balaban J connectivity index is 2.28. The Kier molecular flexibility index (Phi) is 3.97. The van der Waals surface area contributed by atoms with E-state index in [0.29, 0.717) is 17.0 Å². The number of ether oxygens (including phenoxy) is 1. The van der Waals surface area contributed by atoms with Crippen molar-refractivity contribution in [2.24, 2.45) is 0 Å². The van der Waals surface area contributed by atoms with Crippen LogP contribution in [0.4, 0.5) is 5.69 Å². The fraction of sp³-hybridized carbons (Fsp3) is 0.400. The van der Waals surface area contributed by atoms with E-state index in [1.807, 2.05) is 32.4 Å². The van der Waals surface area contributed by atoms with Crippen molar-refractivity contribution in [3.63, 3.8) is 0 Å². The van der Waals surface area contributed by atoms with Gasteiger partial charge in [-0.25, -0.2) is 0 Å². The number of nitrogens with one attached hydrogen (secondary N) is 1. The number of carbonyl (C=O) groups is 1. The van der Waals surface area contributed by atoms with Crippen LogP contribution in [0, 0.1) is 6.92 Å². The van der Waals surface area contributed by atoms with Crippen molar-refractivity contribution in [2.45, 2.75) is 33.2 Å². The fourth-order valence-electron chi connectivity index (χ4n) is 2.15. The van der Waals surface area contributed by atoms with Gasteiger partial charge in [-0.1, -0.05) is 0 Å². The first-order chi connectivity index (χ1) is 9.84. The molecule has 0 radical (unpaired) electrons. The number of aromatic nitrogens is 3. The zero-order valence-electron chi connectivity index (χ0n) is 13.0. The summed E-state index contributed by atoms with van der Waals surface area (Å²) in [6.07, 6.45) is 4.75. The highest BCUT2D eigenvalue weighted by Gasteiger charge is 2.22. The standard InChI is InChI=1S/C15H20N4O2/c1-10-11(8-17-19(10)15(2,3)4)14(20)18-12-9-16-7-6-13(12)21-5/h6-9H,1-5H3,(H,18,20). The normalized spacial score (nSPS) is 11.3. The predicted octanol–water partition coefficient (Wildman–Crippen LogP) is 2.60. The van der Waals surface area contributed by atoms with Gasteiger partial charge in [0.05, 0.1) is 30.6 Å². The van der Waals surface area contributed by atoms with Crippen LogP contribution in [0.5, 0.6) is 5.75 Å². The third-order valence-corrected chi connectivity index (χ3v) is 3.14. The summed E-state index contributed by atoms with van der Waals surface area (Å²) < 4.78 is 7.03. The van der Waals surface area contributed by atoms with Crippen molar-refractivity contribution in [1.29, 1.82) is 0 Å². The average Bonchev–Trinajstić information content (AvgIpc) is 2.81. The number of rotatable bonds is 3. The second-order valence-corrected chi connectivity index (χ2v) is 5.76. The first-order valence-corrected chi connectivity index (χ1v) is 6.69. The quantitative estimate of drug-likeness (QED) is 0.942. The molecule has 6 heteroatoms. The molecule has 2 rings (SSSR count). The lowest BCUT2D eigenvalue weighted by Gasteiger charge is -2.21. The predicted molar refractivity (Wildman–Crippen MR) is 80.7 cm³/mol. The smallest absolute Gasteiger partial charge is 0.259 e. The molecular weight excluding hydrogens is 268 g/mol. The summed E-state index contributed by atoms with van der Waals surface area (Å²) in [7, 11) is 1.55. The number of hydrogen-bond donors (Lipinski definition) is 1. The van der Waals surface area contributed by atoms with E-state index in [-0.39, 0.29) is 11.4 Å². The van der Waals surface area contributed by atoms with Crippen molar-refractivity contribution in [3.8, 4) is 5.75 Å². The summed E-state index contributed by atoms with van der Waals surface area (Å²) >= 11 is 0. The van der Waals surface area contributed by atoms with Crippen molar-refractivity contribution in [1.82, 2.24) is 14.8 Å². The van der Waals surface area contributed by atoms with Crippen LogP contribution in [0.25, 0.3) is 0 Å². The van der Waals surface area contributed by atoms with Gasteiger partial charge < -0.3 is 10.1 Å². The van der Waals surface area contributed by atoms with Gasteiger partial charge in [-0.05, 0) is 27.7 Å². The molecular formula is C15H20N4O2. The summed E-state index contributed by atoms with van der Waals surface area (Å²) in [5.74, 6) is 0.341. The molecule has 112 valence electrons. The summed E-state index contributed by atoms with van der Waals surface area (Å²) in [4.78, 5) is 16.4. The molecule has 0 aliphatic rings. The molecule has 0 aliphatic carbocycles. The van der Waals surface area contributed by atoms with E-state index in [2.05, 4.69) is 15.4 Å². The van der Waals surface area contributed by atoms with Crippen LogP contribution in [-0.2, 0) is 5.54 Å². The van der Waals surface area contributed by atoms with Crippen LogP contribution >= 0.6 is 0 Å². The zero-order valence-corrected chi connectivity index (χ0v) is 13.0. The average molecular weight is 288 g/mol. The highest BCUT2D eigenvalue weighted by Crippen LogP contribution is 2.24. The van der Waals surface area contributed by atoms with E-state index in [0.717, 1.165) is 5.69 Å². The maximum atomic E-state index is 12.4. The van der Waals surface area contributed by atoms with Crippen LogP contribution in [0.15, 0.2) is 24.7 Å². The Labute approximate surface area is 124 Å². The van der Waals surface area contributed by atoms with E-state index < -0.39 is 0 Å². The lowest BCUT2D eigenvalue weighted by Crippen LogP contribution is -2.25. The Morgan fingerprint density at radius 2 is 2.05 bits per heavy atom. The Hall–Kier alpha value is -2.37. The van der Waals surface area contributed by atoms with Crippen LogP contribution in [-0.4, -0.2) is 27.8 Å². The number of carbonyl (C=O) groups excluding carboxylic acids is 1. The van der Waals surface area contributed by atoms with Crippen molar-refractivity contribution in [2.75, 3.05) is 12.4 Å². The molecule has 21 heavy (non-hydrogen) atoms. The molecule has 0 saturated carbocycles. The van der Waals surface area contributed by atoms with Crippen molar-refractivity contribution in [3.05, 3.63) is 35.9 Å². The van der Waals surface area contributed by atoms with E-state index >= 15 is 0 Å². The van der Waals surface area contributed by atoms with Crippen molar-refractivity contribution < 1.29 is 9.53 Å². The first-order valence-electron chi connectivity index (χ1n) is 6.69. The molecule has 0 fully saturated rings. The van der Waals surface area contributed by atoms with Gasteiger partial charge >= 0.3 is 0 Å². The third-order valence-electron chi connectivity index (χ3n) is 3.14. The minimum absolute atomic E-state index is 0.172. The summed E-state index contributed by atoms with van der Waals surface area (Å²) in [6.45, 7) is 8.00. The Morgan fingerprint density at radius 1 is 1.33 bits per heavy atom. The molecule has 2 aromatic rings. The molecule has 0 aromatic carbocycles. The monoisotopic (exact) mass is 288 g/mol. The highest BCUT2D eigenvalue weighted by molar-refractivity contribution is 6.05. The minimum Gasteiger partial charge on any atom is -0.494 e. The van der Waals surface area contributed by atoms with Gasteiger partial charge in [0.15, 0.2) is 0 Å². The Bertz CT molecular complexity index is 656. The Morgan fingerprint density at radius 3 is 2.62 bits per heavy atom. The summed E-state index contributed by atoms with van der Waals surface area (Å²) in [6, 6.07) is 1.70. The van der Waals surface area contributed by atoms with E-state index in [9.17, 15) is 4.79 Å². The van der Waals surface area contributed by atoms with Gasteiger partial charge in [0.2, 0.25) is 0 Å². The maximum absolute atomic E-state index is 12.4. The molecule has 0 bridgehead atoms. The number of methoxy groups -OCH3 is 1. The molecule has 0 atom stereocenters. The minimum atomic E-state index is -0.227. The van der Waals surface area contributed by atoms with E-state index in [4.69, 9.17) is 4.74 Å². The summed E-state index contributed by atoms with van der Waals surface area (Å²) in [5, 5.41) is 7.10. The van der Waals surface area contributed by atoms with Gasteiger partial charge in [0.25, 0.3) is 5.91 Å². The molecule has 2 aromatic heterocycles. The highest BCUT2D eigenvalue weighted by atomic mass is 16.5. The molecule has 0 unspecified atom stereocenters. The van der Waals surface area contributed by atoms with Crippen LogP contribution in [0.3, 0.4) is 0 Å². The largest absolute Gasteiger partial charge is 0.494 e. The third kappa shape index (κ3) is 3.04. The van der Waals surface area contributed by atoms with E-state index in [1.54, 1.807) is 31.8 Å². The van der Waals surface area contributed by atoms with Gasteiger partial charge in [0, 0.05) is 18.0 Å². The summed E-state index contributed by atoms with van der Waals surface area (Å²) in [5.41, 5.74) is 1.72. The molecule has 6 nitrogen and oxygen atoms in total. The van der Waals surface area contributed by atoms with Crippen molar-refractivity contribution >= 4 is 11.6 Å². The first kappa shape index (κ1) is 15.0. The lowest BCUT2D eigenvalue weighted by atomic mass is 10.1.